The molecule has 0 unspecified atom stereocenters. The normalized spacial score (nSPS) is 12.0. The number of nitrogens with zero attached hydrogens (tertiary/aromatic N) is 1. The molecule has 0 heterocycles. The minimum atomic E-state index is -0.122. The van der Waals surface area contributed by atoms with Crippen molar-refractivity contribution in [3.63, 3.8) is 0 Å². The highest BCUT2D eigenvalue weighted by Crippen LogP contribution is 2.42. The van der Waals surface area contributed by atoms with Crippen LogP contribution in [0.25, 0.3) is 77.5 Å². The fraction of sp³-hybridized carbons (Fsp3) is 0. The molecule has 0 spiro atoms. The van der Waals surface area contributed by atoms with Gasteiger partial charge in [-0.1, -0.05) is 212 Å². The first-order valence-electron chi connectivity index (χ1n) is 21.9. The molecule has 0 N–H and O–H groups in total. The van der Waals surface area contributed by atoms with Gasteiger partial charge in [-0.05, 0) is 114 Å². The molecule has 59 heavy (non-hydrogen) atoms. The van der Waals surface area contributed by atoms with E-state index in [0.717, 1.165) is 66.4 Å². The Hall–Kier alpha value is -7.74. The van der Waals surface area contributed by atoms with Crippen molar-refractivity contribution in [2.75, 3.05) is 4.90 Å². The molecule has 10 rings (SSSR count). The molecule has 0 aliphatic rings. The van der Waals surface area contributed by atoms with Crippen LogP contribution in [-0.2, 0) is 0 Å². The Morgan fingerprint density at radius 2 is 0.627 bits per heavy atom. The standard InChI is InChI=1S/C58H41N/c1-4-12-42(13-5-1)44-20-24-46(25-21-44)48-28-35-53(36-29-48)59(54-37-30-49(31-38-54)47-26-22-45(23-27-47)43-14-6-2-7-15-43)55-39-32-52(33-40-55)58-56-19-11-10-18-51(56)34-41-57(58)50-16-8-3-9-17-50/h1-41H/i28D,29D,35D,36D. The summed E-state index contributed by atoms with van der Waals surface area (Å²) < 4.78 is 37.9. The smallest absolute Gasteiger partial charge is 0.0645 e. The third kappa shape index (κ3) is 7.34. The first-order chi connectivity index (χ1) is 30.9. The highest BCUT2D eigenvalue weighted by Gasteiger charge is 2.16. The molecular weight excluding hydrogens is 711 g/mol. The minimum Gasteiger partial charge on any atom is -0.311 e. The van der Waals surface area contributed by atoms with E-state index >= 15 is 0 Å². The largest absolute Gasteiger partial charge is 0.311 e. The Morgan fingerprint density at radius 3 is 1.12 bits per heavy atom. The molecule has 0 saturated carbocycles. The quantitative estimate of drug-likeness (QED) is 0.142. The number of rotatable bonds is 9. The van der Waals surface area contributed by atoms with Gasteiger partial charge >= 0.3 is 0 Å². The van der Waals surface area contributed by atoms with Crippen LogP contribution in [0.4, 0.5) is 17.1 Å². The molecule has 0 aliphatic heterocycles. The number of benzene rings is 10. The van der Waals surface area contributed by atoms with Crippen molar-refractivity contribution in [3.8, 4) is 66.8 Å². The molecule has 1 heteroatoms. The van der Waals surface area contributed by atoms with Crippen LogP contribution in [0.5, 0.6) is 0 Å². The van der Waals surface area contributed by atoms with Gasteiger partial charge in [0.15, 0.2) is 0 Å². The van der Waals surface area contributed by atoms with Crippen LogP contribution < -0.4 is 4.90 Å². The van der Waals surface area contributed by atoms with Crippen molar-refractivity contribution >= 4 is 27.8 Å². The molecule has 0 aromatic heterocycles. The lowest BCUT2D eigenvalue weighted by Crippen LogP contribution is -2.09. The monoisotopic (exact) mass is 755 g/mol. The Balaban J connectivity index is 1.09. The van der Waals surface area contributed by atoms with E-state index < -0.39 is 0 Å². The second-order valence-electron chi connectivity index (χ2n) is 14.6. The molecule has 0 aliphatic carbocycles. The molecule has 0 radical (unpaired) electrons. The van der Waals surface area contributed by atoms with Gasteiger partial charge in [0.25, 0.3) is 0 Å². The van der Waals surface area contributed by atoms with Crippen molar-refractivity contribution in [3.05, 3.63) is 249 Å². The Bertz CT molecular complexity index is 3180. The zero-order valence-corrected chi connectivity index (χ0v) is 32.3. The van der Waals surface area contributed by atoms with Crippen LogP contribution in [0.2, 0.25) is 0 Å². The fourth-order valence-electron chi connectivity index (χ4n) is 7.94. The summed E-state index contributed by atoms with van der Waals surface area (Å²) in [6.07, 6.45) is 0. The second-order valence-corrected chi connectivity index (χ2v) is 14.6. The van der Waals surface area contributed by atoms with Gasteiger partial charge in [-0.15, -0.1) is 0 Å². The summed E-state index contributed by atoms with van der Waals surface area (Å²) >= 11 is 0. The van der Waals surface area contributed by atoms with E-state index in [9.17, 15) is 5.48 Å². The molecule has 0 atom stereocenters. The lowest BCUT2D eigenvalue weighted by atomic mass is 9.89. The van der Waals surface area contributed by atoms with Crippen molar-refractivity contribution in [1.29, 1.82) is 0 Å². The summed E-state index contributed by atoms with van der Waals surface area (Å²) in [5, 5.41) is 2.29. The van der Waals surface area contributed by atoms with E-state index in [1.165, 1.54) is 0 Å². The maximum Gasteiger partial charge on any atom is 0.0645 e. The number of anilines is 3. The van der Waals surface area contributed by atoms with Crippen molar-refractivity contribution in [1.82, 2.24) is 0 Å². The van der Waals surface area contributed by atoms with Gasteiger partial charge in [-0.2, -0.15) is 0 Å². The summed E-state index contributed by atoms with van der Waals surface area (Å²) in [6.45, 7) is 0. The third-order valence-corrected chi connectivity index (χ3v) is 11.0. The van der Waals surface area contributed by atoms with Crippen LogP contribution in [0.1, 0.15) is 5.48 Å². The maximum atomic E-state index is 9.55. The van der Waals surface area contributed by atoms with Crippen LogP contribution in [-0.4, -0.2) is 0 Å². The van der Waals surface area contributed by atoms with Crippen molar-refractivity contribution < 1.29 is 5.48 Å². The first-order valence-corrected chi connectivity index (χ1v) is 19.9. The van der Waals surface area contributed by atoms with Gasteiger partial charge in [0.1, 0.15) is 0 Å². The number of hydrogen-bond acceptors (Lipinski definition) is 1. The van der Waals surface area contributed by atoms with Crippen LogP contribution in [0.3, 0.4) is 0 Å². The van der Waals surface area contributed by atoms with Gasteiger partial charge in [-0.3, -0.25) is 0 Å². The van der Waals surface area contributed by atoms with Gasteiger partial charge in [-0.25, -0.2) is 0 Å². The van der Waals surface area contributed by atoms with Gasteiger partial charge < -0.3 is 4.90 Å². The topological polar surface area (TPSA) is 3.24 Å². The summed E-state index contributed by atoms with van der Waals surface area (Å²) in [5.41, 5.74) is 13.3. The van der Waals surface area contributed by atoms with Gasteiger partial charge in [0.2, 0.25) is 0 Å². The Kier molecular flexibility index (Phi) is 8.51. The molecule has 0 saturated heterocycles. The average Bonchev–Trinajstić information content (AvgIpc) is 3.36. The van der Waals surface area contributed by atoms with E-state index in [1.807, 2.05) is 108 Å². The second kappa shape index (κ2) is 16.0. The lowest BCUT2D eigenvalue weighted by molar-refractivity contribution is 1.28. The first kappa shape index (κ1) is 31.4. The third-order valence-electron chi connectivity index (χ3n) is 11.0. The fourth-order valence-corrected chi connectivity index (χ4v) is 7.94. The summed E-state index contributed by atoms with van der Waals surface area (Å²) in [7, 11) is 0. The maximum absolute atomic E-state index is 9.55. The highest BCUT2D eigenvalue weighted by atomic mass is 15.1. The molecule has 1 nitrogen and oxygen atoms in total. The highest BCUT2D eigenvalue weighted by molar-refractivity contribution is 6.04. The average molecular weight is 756 g/mol. The SMILES string of the molecule is [2H]c1c([2H])c(N(c2ccc(-c3ccc(-c4ccccc4)cc3)cc2)c2ccc(-c3c(-c4ccccc4)ccc4ccccc34)cc2)c([2H])c([2H])c1-c1ccc(-c2ccccc2)cc1. The number of hydrogen-bond donors (Lipinski definition) is 0. The minimum absolute atomic E-state index is 0.0986. The summed E-state index contributed by atoms with van der Waals surface area (Å²) in [5.74, 6) is 0. The molecule has 10 aromatic rings. The predicted molar refractivity (Wildman–Crippen MR) is 251 cm³/mol. The number of fused-ring (bicyclic) bond motifs is 1. The van der Waals surface area contributed by atoms with Crippen molar-refractivity contribution in [2.45, 2.75) is 0 Å². The van der Waals surface area contributed by atoms with E-state index in [0.29, 0.717) is 16.9 Å². The van der Waals surface area contributed by atoms with Crippen LogP contribution >= 0.6 is 0 Å². The van der Waals surface area contributed by atoms with E-state index in [4.69, 9.17) is 0 Å². The van der Waals surface area contributed by atoms with Crippen LogP contribution in [0, 0.1) is 0 Å². The van der Waals surface area contributed by atoms with Gasteiger partial charge in [0, 0.05) is 17.1 Å². The predicted octanol–water partition coefficient (Wildman–Crippen LogP) is 16.3. The van der Waals surface area contributed by atoms with E-state index in [2.05, 4.69) is 121 Å². The Morgan fingerprint density at radius 1 is 0.254 bits per heavy atom. The summed E-state index contributed by atoms with van der Waals surface area (Å²) in [4.78, 5) is 1.86. The molecule has 0 bridgehead atoms. The zero-order valence-electron chi connectivity index (χ0n) is 36.3. The lowest BCUT2D eigenvalue weighted by Gasteiger charge is -2.26. The Labute approximate surface area is 352 Å². The van der Waals surface area contributed by atoms with E-state index in [-0.39, 0.29) is 35.4 Å². The molecule has 10 aromatic carbocycles. The molecule has 0 amide bonds. The van der Waals surface area contributed by atoms with Crippen molar-refractivity contribution in [2.24, 2.45) is 0 Å². The van der Waals surface area contributed by atoms with Crippen LogP contribution in [0.15, 0.2) is 249 Å². The van der Waals surface area contributed by atoms with E-state index in [1.54, 1.807) is 0 Å². The molecular formula is C58H41N. The molecule has 0 fully saturated rings. The molecule has 278 valence electrons. The van der Waals surface area contributed by atoms with Gasteiger partial charge in [0.05, 0.1) is 5.48 Å². The summed E-state index contributed by atoms with van der Waals surface area (Å²) in [6, 6.07) is 75.6. The zero-order chi connectivity index (χ0) is 42.9.